The molecule has 1 aromatic carbocycles. The number of piperazine rings is 1. The third-order valence-corrected chi connectivity index (χ3v) is 3.80. The van der Waals surface area contributed by atoms with E-state index >= 15 is 0 Å². The average molecular weight is 351 g/mol. The minimum absolute atomic E-state index is 0.160. The van der Waals surface area contributed by atoms with Crippen LogP contribution in [0.2, 0.25) is 0 Å². The molecule has 1 aliphatic heterocycles. The van der Waals surface area contributed by atoms with Gasteiger partial charge in [0.15, 0.2) is 11.5 Å². The molecule has 1 fully saturated rings. The van der Waals surface area contributed by atoms with Crippen molar-refractivity contribution in [1.29, 1.82) is 0 Å². The van der Waals surface area contributed by atoms with Gasteiger partial charge in [-0.05, 0) is 19.1 Å². The highest BCUT2D eigenvalue weighted by Crippen LogP contribution is 2.25. The van der Waals surface area contributed by atoms with Gasteiger partial charge in [-0.1, -0.05) is 12.1 Å². The number of methoxy groups -OCH3 is 1. The Balaban J connectivity index is 1.67. The first-order valence-corrected chi connectivity index (χ1v) is 8.36. The van der Waals surface area contributed by atoms with E-state index in [0.29, 0.717) is 57.4 Å². The molecule has 0 unspecified atom stereocenters. The molecule has 138 valence electrons. The van der Waals surface area contributed by atoms with E-state index in [1.54, 1.807) is 23.8 Å². The Morgan fingerprint density at radius 1 is 1.08 bits per heavy atom. The van der Waals surface area contributed by atoms with E-state index < -0.39 is 0 Å². The summed E-state index contributed by atoms with van der Waals surface area (Å²) in [4.78, 5) is 27.1. The number of para-hydroxylation sites is 2. The zero-order chi connectivity index (χ0) is 18.1. The number of urea groups is 1. The summed E-state index contributed by atoms with van der Waals surface area (Å²) in [7, 11) is 1.58. The van der Waals surface area contributed by atoms with Gasteiger partial charge in [-0.2, -0.15) is 0 Å². The van der Waals surface area contributed by atoms with Gasteiger partial charge in [-0.25, -0.2) is 9.59 Å². The number of carbonyl (C=O) groups excluding carboxylic acids is 2. The van der Waals surface area contributed by atoms with Crippen molar-refractivity contribution < 1.29 is 23.8 Å². The van der Waals surface area contributed by atoms with Crippen LogP contribution in [0.15, 0.2) is 24.3 Å². The fourth-order valence-corrected chi connectivity index (χ4v) is 2.48. The van der Waals surface area contributed by atoms with Crippen LogP contribution in [0.5, 0.6) is 11.5 Å². The first-order chi connectivity index (χ1) is 12.2. The van der Waals surface area contributed by atoms with Gasteiger partial charge in [0, 0.05) is 26.2 Å². The van der Waals surface area contributed by atoms with Crippen LogP contribution in [0.25, 0.3) is 0 Å². The van der Waals surface area contributed by atoms with Gasteiger partial charge >= 0.3 is 12.1 Å². The van der Waals surface area contributed by atoms with Gasteiger partial charge in [0.2, 0.25) is 0 Å². The molecule has 3 amide bonds. The maximum Gasteiger partial charge on any atom is 0.409 e. The van der Waals surface area contributed by atoms with Crippen LogP contribution in [0.1, 0.15) is 6.92 Å². The lowest BCUT2D eigenvalue weighted by Crippen LogP contribution is -2.53. The number of amides is 3. The number of carbonyl (C=O) groups is 2. The van der Waals surface area contributed by atoms with Crippen LogP contribution >= 0.6 is 0 Å². The summed E-state index contributed by atoms with van der Waals surface area (Å²) in [5.41, 5.74) is 0. The molecule has 25 heavy (non-hydrogen) atoms. The standard InChI is InChI=1S/C17H25N3O5/c1-3-24-17(22)20-11-9-19(10-12-20)16(21)18-8-13-25-15-7-5-4-6-14(15)23-2/h4-7H,3,8-13H2,1-2H3,(H,18,21). The van der Waals surface area contributed by atoms with Crippen LogP contribution in [0.4, 0.5) is 9.59 Å². The van der Waals surface area contributed by atoms with Crippen molar-refractivity contribution in [1.82, 2.24) is 15.1 Å². The van der Waals surface area contributed by atoms with Gasteiger partial charge in [0.25, 0.3) is 0 Å². The molecule has 0 aliphatic carbocycles. The molecule has 0 radical (unpaired) electrons. The highest BCUT2D eigenvalue weighted by Gasteiger charge is 2.24. The summed E-state index contributed by atoms with van der Waals surface area (Å²) in [6.45, 7) is 4.77. The lowest BCUT2D eigenvalue weighted by atomic mass is 10.3. The minimum Gasteiger partial charge on any atom is -0.493 e. The summed E-state index contributed by atoms with van der Waals surface area (Å²) in [6, 6.07) is 7.20. The second-order valence-electron chi connectivity index (χ2n) is 5.40. The van der Waals surface area contributed by atoms with Gasteiger partial charge in [0.1, 0.15) is 6.61 Å². The Morgan fingerprint density at radius 3 is 2.36 bits per heavy atom. The van der Waals surface area contributed by atoms with Crippen LogP contribution < -0.4 is 14.8 Å². The van der Waals surface area contributed by atoms with Crippen molar-refractivity contribution in [3.63, 3.8) is 0 Å². The first kappa shape index (κ1) is 18.7. The second-order valence-corrected chi connectivity index (χ2v) is 5.40. The van der Waals surface area contributed by atoms with Crippen LogP contribution in [0.3, 0.4) is 0 Å². The van der Waals surface area contributed by atoms with E-state index in [4.69, 9.17) is 14.2 Å². The van der Waals surface area contributed by atoms with E-state index in [2.05, 4.69) is 5.32 Å². The fraction of sp³-hybridized carbons (Fsp3) is 0.529. The summed E-state index contributed by atoms with van der Waals surface area (Å²) < 4.78 is 15.8. The van der Waals surface area contributed by atoms with Gasteiger partial charge in [-0.3, -0.25) is 0 Å². The molecule has 8 heteroatoms. The molecule has 1 saturated heterocycles. The number of nitrogens with zero attached hydrogens (tertiary/aromatic N) is 2. The number of ether oxygens (including phenoxy) is 3. The van der Waals surface area contributed by atoms with E-state index in [1.165, 1.54) is 0 Å². The third kappa shape index (κ3) is 5.44. The largest absolute Gasteiger partial charge is 0.493 e. The predicted molar refractivity (Wildman–Crippen MR) is 92.1 cm³/mol. The zero-order valence-corrected chi connectivity index (χ0v) is 14.7. The smallest absolute Gasteiger partial charge is 0.409 e. The van der Waals surface area contributed by atoms with Crippen molar-refractivity contribution >= 4 is 12.1 Å². The summed E-state index contributed by atoms with van der Waals surface area (Å²) in [6.07, 6.45) is -0.326. The van der Waals surface area contributed by atoms with E-state index in [-0.39, 0.29) is 12.1 Å². The van der Waals surface area contributed by atoms with Gasteiger partial charge in [0.05, 0.1) is 20.3 Å². The maximum absolute atomic E-state index is 12.1. The second kappa shape index (κ2) is 9.61. The van der Waals surface area contributed by atoms with Crippen molar-refractivity contribution in [2.45, 2.75) is 6.92 Å². The van der Waals surface area contributed by atoms with E-state index in [1.807, 2.05) is 24.3 Å². The molecule has 8 nitrogen and oxygen atoms in total. The number of benzene rings is 1. The van der Waals surface area contributed by atoms with Crippen LogP contribution in [0, 0.1) is 0 Å². The normalized spacial score (nSPS) is 14.0. The third-order valence-electron chi connectivity index (χ3n) is 3.80. The lowest BCUT2D eigenvalue weighted by molar-refractivity contribution is 0.0851. The summed E-state index contributed by atoms with van der Waals surface area (Å²) in [5, 5.41) is 2.82. The Kier molecular flexibility index (Phi) is 7.18. The van der Waals surface area contributed by atoms with Gasteiger partial charge in [-0.15, -0.1) is 0 Å². The molecule has 1 aliphatic rings. The molecule has 0 spiro atoms. The quantitative estimate of drug-likeness (QED) is 0.787. The Labute approximate surface area is 147 Å². The monoisotopic (exact) mass is 351 g/mol. The number of hydrogen-bond donors (Lipinski definition) is 1. The number of nitrogens with one attached hydrogen (secondary N) is 1. The topological polar surface area (TPSA) is 80.3 Å². The Morgan fingerprint density at radius 2 is 1.72 bits per heavy atom. The molecule has 1 aromatic rings. The molecular formula is C17H25N3O5. The maximum atomic E-state index is 12.1. The SMILES string of the molecule is CCOC(=O)N1CCN(C(=O)NCCOc2ccccc2OC)CC1. The highest BCUT2D eigenvalue weighted by molar-refractivity contribution is 5.75. The van der Waals surface area contributed by atoms with Crippen molar-refractivity contribution in [2.75, 3.05) is 53.0 Å². The van der Waals surface area contributed by atoms with Gasteiger partial charge < -0.3 is 29.3 Å². The average Bonchev–Trinajstić information content (AvgIpc) is 2.65. The van der Waals surface area contributed by atoms with Crippen LogP contribution in [-0.2, 0) is 4.74 Å². The molecular weight excluding hydrogens is 326 g/mol. The summed E-state index contributed by atoms with van der Waals surface area (Å²) >= 11 is 0. The molecule has 0 saturated carbocycles. The number of hydrogen-bond acceptors (Lipinski definition) is 5. The zero-order valence-electron chi connectivity index (χ0n) is 14.7. The molecule has 1 N–H and O–H groups in total. The van der Waals surface area contributed by atoms with Crippen molar-refractivity contribution in [3.8, 4) is 11.5 Å². The predicted octanol–water partition coefficient (Wildman–Crippen LogP) is 1.56. The Bertz CT molecular complexity index is 573. The first-order valence-electron chi connectivity index (χ1n) is 8.36. The molecule has 0 atom stereocenters. The lowest BCUT2D eigenvalue weighted by Gasteiger charge is -2.33. The molecule has 2 rings (SSSR count). The minimum atomic E-state index is -0.326. The molecule has 0 bridgehead atoms. The van der Waals surface area contributed by atoms with Crippen molar-refractivity contribution in [2.24, 2.45) is 0 Å². The molecule has 1 heterocycles. The van der Waals surface area contributed by atoms with Crippen molar-refractivity contribution in [3.05, 3.63) is 24.3 Å². The fourth-order valence-electron chi connectivity index (χ4n) is 2.48. The highest BCUT2D eigenvalue weighted by atomic mass is 16.6. The number of rotatable bonds is 6. The molecule has 0 aromatic heterocycles. The Hall–Kier alpha value is -2.64. The van der Waals surface area contributed by atoms with Crippen LogP contribution in [-0.4, -0.2) is 75.0 Å². The van der Waals surface area contributed by atoms with E-state index in [0.717, 1.165) is 0 Å². The van der Waals surface area contributed by atoms with E-state index in [9.17, 15) is 9.59 Å². The summed E-state index contributed by atoms with van der Waals surface area (Å²) in [5.74, 6) is 1.30.